The molecule has 0 unspecified atom stereocenters. The summed E-state index contributed by atoms with van der Waals surface area (Å²) in [6, 6.07) is 0. The van der Waals surface area contributed by atoms with Gasteiger partial charge in [-0.2, -0.15) is 0 Å². The summed E-state index contributed by atoms with van der Waals surface area (Å²) in [5.74, 6) is -0.267. The molecule has 0 fully saturated rings. The van der Waals surface area contributed by atoms with Gasteiger partial charge in [0.15, 0.2) is 0 Å². The summed E-state index contributed by atoms with van der Waals surface area (Å²) in [5, 5.41) is 0. The van der Waals surface area contributed by atoms with Gasteiger partial charge < -0.3 is 28.7 Å². The Bertz CT molecular complexity index is 1190. The number of nitrogens with zero attached hydrogens (tertiary/aromatic N) is 2. The van der Waals surface area contributed by atoms with Crippen LogP contribution in [0.5, 0.6) is 0 Å². The van der Waals surface area contributed by atoms with Crippen LogP contribution in [0.15, 0.2) is 12.2 Å². The van der Waals surface area contributed by atoms with Crippen molar-refractivity contribution < 1.29 is 38.1 Å². The van der Waals surface area contributed by atoms with Gasteiger partial charge in [-0.1, -0.05) is 188 Å². The normalized spacial score (nSPS) is 11.7. The number of allylic oxidation sites excluding steroid dienone is 1. The molecule has 0 saturated carbocycles. The van der Waals surface area contributed by atoms with Crippen LogP contribution in [0.3, 0.4) is 0 Å². The molecule has 0 saturated heterocycles. The molecule has 0 radical (unpaired) electrons. The van der Waals surface area contributed by atoms with Crippen LogP contribution in [0.1, 0.15) is 311 Å². The number of carbonyl (C=O) groups excluding carboxylic acids is 4. The second-order valence-electron chi connectivity index (χ2n) is 21.8. The van der Waals surface area contributed by atoms with E-state index in [0.717, 1.165) is 167 Å². The van der Waals surface area contributed by atoms with E-state index in [-0.39, 0.29) is 48.7 Å². The zero-order valence-corrected chi connectivity index (χ0v) is 49.3. The molecule has 0 spiro atoms. The van der Waals surface area contributed by atoms with Gasteiger partial charge in [0.05, 0.1) is 6.61 Å². The molecule has 430 valence electrons. The van der Waals surface area contributed by atoms with Crippen LogP contribution in [0, 0.1) is 0 Å². The number of carbonyl (C=O) groups is 4. The van der Waals surface area contributed by atoms with Crippen LogP contribution in [0.2, 0.25) is 0 Å². The van der Waals surface area contributed by atoms with E-state index in [9.17, 15) is 19.2 Å². The van der Waals surface area contributed by atoms with Crippen LogP contribution in [0.25, 0.3) is 0 Å². The van der Waals surface area contributed by atoms with E-state index in [2.05, 4.69) is 51.7 Å². The van der Waals surface area contributed by atoms with Crippen molar-refractivity contribution in [2.24, 2.45) is 0 Å². The third-order valence-corrected chi connectivity index (χ3v) is 14.2. The molecule has 0 aromatic carbocycles. The molecule has 0 aliphatic rings. The maximum absolute atomic E-state index is 13.9. The second-order valence-corrected chi connectivity index (χ2v) is 21.8. The number of unbranched alkanes of at least 4 members (excludes halogenated alkanes) is 24. The van der Waals surface area contributed by atoms with Crippen molar-refractivity contribution in [3.05, 3.63) is 12.2 Å². The molecule has 73 heavy (non-hydrogen) atoms. The Hall–Kier alpha value is -2.62. The number of ether oxygens (including phenoxy) is 4. The van der Waals surface area contributed by atoms with Gasteiger partial charge in [0.1, 0.15) is 18.3 Å². The average molecular weight is 1030 g/mol. The number of rotatable bonds is 55. The minimum Gasteiger partial charge on any atom is -0.465 e. The fraction of sp³-hybridized carbons (Fsp3) is 0.905. The summed E-state index contributed by atoms with van der Waals surface area (Å²) in [6.07, 6.45) is 48.0. The van der Waals surface area contributed by atoms with Crippen LogP contribution in [-0.4, -0.2) is 92.4 Å². The van der Waals surface area contributed by atoms with Crippen molar-refractivity contribution in [1.29, 1.82) is 0 Å². The Balaban J connectivity index is 5.23. The van der Waals surface area contributed by atoms with E-state index in [0.29, 0.717) is 39.0 Å². The van der Waals surface area contributed by atoms with Gasteiger partial charge in [-0.05, 0) is 136 Å². The van der Waals surface area contributed by atoms with Gasteiger partial charge in [-0.25, -0.2) is 4.79 Å². The highest BCUT2D eigenvalue weighted by molar-refractivity contribution is 5.70. The van der Waals surface area contributed by atoms with E-state index in [1.54, 1.807) is 4.90 Å². The third kappa shape index (κ3) is 48.8. The quantitative estimate of drug-likeness (QED) is 0.0254. The van der Waals surface area contributed by atoms with Crippen LogP contribution >= 0.6 is 0 Å². The maximum Gasteiger partial charge on any atom is 0.410 e. The summed E-state index contributed by atoms with van der Waals surface area (Å²) < 4.78 is 23.9. The van der Waals surface area contributed by atoms with E-state index >= 15 is 0 Å². The lowest BCUT2D eigenvalue weighted by molar-refractivity contribution is -0.151. The monoisotopic (exact) mass is 1030 g/mol. The number of hydrogen-bond donors (Lipinski definition) is 0. The Morgan fingerprint density at radius 3 is 1.11 bits per heavy atom. The van der Waals surface area contributed by atoms with Crippen LogP contribution in [-0.2, 0) is 33.3 Å². The van der Waals surface area contributed by atoms with Crippen molar-refractivity contribution in [3.8, 4) is 0 Å². The van der Waals surface area contributed by atoms with Crippen LogP contribution < -0.4 is 0 Å². The van der Waals surface area contributed by atoms with Gasteiger partial charge in [0.25, 0.3) is 0 Å². The van der Waals surface area contributed by atoms with Gasteiger partial charge in [-0.3, -0.25) is 14.4 Å². The largest absolute Gasteiger partial charge is 0.465 e. The summed E-state index contributed by atoms with van der Waals surface area (Å²) >= 11 is 0. The zero-order chi connectivity index (χ0) is 53.7. The first kappa shape index (κ1) is 70.4. The molecule has 0 aromatic rings. The van der Waals surface area contributed by atoms with Crippen molar-refractivity contribution in [3.63, 3.8) is 0 Å². The first-order chi connectivity index (χ1) is 35.6. The molecule has 0 aromatic heterocycles. The van der Waals surface area contributed by atoms with Gasteiger partial charge in [0, 0.05) is 32.4 Å². The lowest BCUT2D eigenvalue weighted by Gasteiger charge is -2.26. The third-order valence-electron chi connectivity index (χ3n) is 14.2. The minimum atomic E-state index is -0.276. The zero-order valence-electron chi connectivity index (χ0n) is 49.3. The summed E-state index contributed by atoms with van der Waals surface area (Å²) in [5.41, 5.74) is 0. The molecule has 10 heteroatoms. The van der Waals surface area contributed by atoms with Crippen molar-refractivity contribution in [2.45, 2.75) is 329 Å². The first-order valence-electron chi connectivity index (χ1n) is 31.4. The van der Waals surface area contributed by atoms with E-state index in [1.807, 2.05) is 14.1 Å². The fourth-order valence-electron chi connectivity index (χ4n) is 9.54. The van der Waals surface area contributed by atoms with Crippen LogP contribution in [0.4, 0.5) is 4.79 Å². The highest BCUT2D eigenvalue weighted by atomic mass is 16.6. The molecular weight excluding hydrogens is 913 g/mol. The minimum absolute atomic E-state index is 0.0255. The van der Waals surface area contributed by atoms with E-state index in [1.165, 1.54) is 89.9 Å². The molecule has 10 nitrogen and oxygen atoms in total. The lowest BCUT2D eigenvalue weighted by Crippen LogP contribution is -2.37. The Labute approximate surface area is 451 Å². The fourth-order valence-corrected chi connectivity index (χ4v) is 9.54. The van der Waals surface area contributed by atoms with Crippen molar-refractivity contribution in [1.82, 2.24) is 9.80 Å². The maximum atomic E-state index is 13.9. The van der Waals surface area contributed by atoms with Gasteiger partial charge in [-0.15, -0.1) is 0 Å². The topological polar surface area (TPSA) is 112 Å². The molecule has 0 aliphatic heterocycles. The molecule has 0 rings (SSSR count). The standard InChI is InChI=1S/C63H120N2O8/c1-8-13-18-23-32-41-56-70-60(66)52-42-54-65(55-43-53-64(6)7)63(69)73-59(48-37-28-24-26-30-39-50-61(67)71-57(44-33-19-14-9-2)45-34-20-15-10-3)49-38-29-25-27-31-40-51-62(68)72-58(46-35-21-16-11-4)47-36-22-17-12-5/h23,32,57-59H,8-22,24-31,33-56H2,1-7H3/b32-23-. The van der Waals surface area contributed by atoms with Gasteiger partial charge in [0.2, 0.25) is 0 Å². The molecule has 0 aliphatic carbocycles. The molecule has 0 heterocycles. The molecule has 0 atom stereocenters. The molecule has 1 amide bonds. The Morgan fingerprint density at radius 2 is 0.699 bits per heavy atom. The Kier molecular flexibility index (Phi) is 52.2. The number of amides is 1. The predicted molar refractivity (Wildman–Crippen MR) is 307 cm³/mol. The SMILES string of the molecule is CCCC/C=C\CCOC(=O)CCCN(CCCN(C)C)C(=O)OC(CCCCCCCCC(=O)OC(CCCCCC)CCCCCC)CCCCCCCCC(=O)OC(CCCCCC)CCCCCC. The molecular formula is C63H120N2O8. The van der Waals surface area contributed by atoms with Crippen molar-refractivity contribution in [2.75, 3.05) is 40.3 Å². The van der Waals surface area contributed by atoms with E-state index < -0.39 is 0 Å². The summed E-state index contributed by atoms with van der Waals surface area (Å²) in [6.45, 7) is 13.4. The highest BCUT2D eigenvalue weighted by Gasteiger charge is 2.21. The average Bonchev–Trinajstić information content (AvgIpc) is 3.37. The molecule has 0 N–H and O–H groups in total. The Morgan fingerprint density at radius 1 is 0.356 bits per heavy atom. The number of hydrogen-bond acceptors (Lipinski definition) is 9. The predicted octanol–water partition coefficient (Wildman–Crippen LogP) is 18.2. The molecule has 0 bridgehead atoms. The first-order valence-corrected chi connectivity index (χ1v) is 31.4. The van der Waals surface area contributed by atoms with Gasteiger partial charge >= 0.3 is 24.0 Å². The number of esters is 3. The second kappa shape index (κ2) is 54.2. The lowest BCUT2D eigenvalue weighted by atomic mass is 10.0. The van der Waals surface area contributed by atoms with Crippen molar-refractivity contribution >= 4 is 24.0 Å². The van der Waals surface area contributed by atoms with E-state index in [4.69, 9.17) is 18.9 Å². The summed E-state index contributed by atoms with van der Waals surface area (Å²) in [4.78, 5) is 56.1. The highest BCUT2D eigenvalue weighted by Crippen LogP contribution is 2.22. The smallest absolute Gasteiger partial charge is 0.410 e. The summed E-state index contributed by atoms with van der Waals surface area (Å²) in [7, 11) is 4.08.